The van der Waals surface area contributed by atoms with Crippen molar-refractivity contribution in [2.75, 3.05) is 26.7 Å². The van der Waals surface area contributed by atoms with Gasteiger partial charge in [0.05, 0.1) is 12.0 Å². The first kappa shape index (κ1) is 19.5. The van der Waals surface area contributed by atoms with E-state index in [2.05, 4.69) is 21.8 Å². The van der Waals surface area contributed by atoms with Crippen LogP contribution in [0.25, 0.3) is 0 Å². The number of hydrogen-bond donors (Lipinski definition) is 2. The van der Waals surface area contributed by atoms with Crippen LogP contribution >= 0.6 is 0 Å². The van der Waals surface area contributed by atoms with Crippen molar-refractivity contribution < 1.29 is 4.79 Å². The Kier molecular flexibility index (Phi) is 9.50. The molecule has 0 rings (SSSR count). The number of carbonyl (C=O) groups is 1. The van der Waals surface area contributed by atoms with Gasteiger partial charge in [-0.2, -0.15) is 0 Å². The summed E-state index contributed by atoms with van der Waals surface area (Å²) in [5.74, 6) is 0.504. The van der Waals surface area contributed by atoms with Gasteiger partial charge in [0.25, 0.3) is 0 Å². The van der Waals surface area contributed by atoms with Crippen molar-refractivity contribution in [1.82, 2.24) is 10.2 Å². The molecule has 0 aliphatic rings. The first-order valence-corrected chi connectivity index (χ1v) is 7.75. The van der Waals surface area contributed by atoms with Crippen molar-refractivity contribution in [2.45, 2.75) is 46.5 Å². The van der Waals surface area contributed by atoms with Gasteiger partial charge in [-0.05, 0) is 40.0 Å². The van der Waals surface area contributed by atoms with E-state index in [1.165, 1.54) is 12.8 Å². The molecule has 0 aliphatic carbocycles. The van der Waals surface area contributed by atoms with Crippen molar-refractivity contribution in [3.05, 3.63) is 12.7 Å². The van der Waals surface area contributed by atoms with Crippen LogP contribution in [-0.2, 0) is 4.79 Å². The van der Waals surface area contributed by atoms with Crippen LogP contribution in [0.1, 0.15) is 46.5 Å². The van der Waals surface area contributed by atoms with Crippen molar-refractivity contribution in [3.8, 4) is 0 Å². The number of nitrogens with two attached hydrogens (primary N) is 1. The Morgan fingerprint density at radius 1 is 1.38 bits per heavy atom. The van der Waals surface area contributed by atoms with Crippen LogP contribution in [0.4, 0.5) is 0 Å². The average molecular weight is 296 g/mol. The lowest BCUT2D eigenvalue weighted by atomic mass is 9.93. The van der Waals surface area contributed by atoms with Gasteiger partial charge in [0.15, 0.2) is 5.96 Å². The van der Waals surface area contributed by atoms with E-state index in [1.54, 1.807) is 0 Å². The Bertz CT molecular complexity index is 350. The van der Waals surface area contributed by atoms with Crippen LogP contribution in [0.15, 0.2) is 17.6 Å². The van der Waals surface area contributed by atoms with Gasteiger partial charge in [0.2, 0.25) is 5.91 Å². The first-order valence-electron chi connectivity index (χ1n) is 7.75. The number of unbranched alkanes of at least 4 members (excludes halogenated alkanes) is 3. The molecule has 0 radical (unpaired) electrons. The predicted molar refractivity (Wildman–Crippen MR) is 90.2 cm³/mol. The van der Waals surface area contributed by atoms with E-state index < -0.39 is 5.41 Å². The molecule has 3 N–H and O–H groups in total. The minimum Gasteiger partial charge on any atom is -0.369 e. The molecule has 1 amide bonds. The summed E-state index contributed by atoms with van der Waals surface area (Å²) in [6.45, 7) is 11.5. The molecule has 0 bridgehead atoms. The van der Waals surface area contributed by atoms with E-state index in [1.807, 2.05) is 33.9 Å². The van der Waals surface area contributed by atoms with Crippen LogP contribution in [0, 0.1) is 5.41 Å². The Hall–Kier alpha value is -1.52. The lowest BCUT2D eigenvalue weighted by molar-refractivity contribution is -0.125. The monoisotopic (exact) mass is 296 g/mol. The number of guanidine groups is 1. The standard InChI is InChI=1S/C16H32N4O/c1-6-8-9-10-11-12-20(5)15(18-7-2)19-13-16(3,4)14(17)21/h6H,1,7-13H2,2-5H3,(H2,17,21)(H,18,19). The molecule has 0 unspecified atom stereocenters. The van der Waals surface area contributed by atoms with Crippen LogP contribution in [0.5, 0.6) is 0 Å². The van der Waals surface area contributed by atoms with Gasteiger partial charge in [-0.1, -0.05) is 12.5 Å². The summed E-state index contributed by atoms with van der Waals surface area (Å²) in [4.78, 5) is 18.0. The molecule has 0 heterocycles. The molecular weight excluding hydrogens is 264 g/mol. The van der Waals surface area contributed by atoms with E-state index in [4.69, 9.17) is 5.73 Å². The minimum atomic E-state index is -0.620. The highest BCUT2D eigenvalue weighted by molar-refractivity contribution is 5.82. The second-order valence-electron chi connectivity index (χ2n) is 5.98. The third-order valence-corrected chi connectivity index (χ3v) is 3.39. The van der Waals surface area contributed by atoms with Crippen LogP contribution < -0.4 is 11.1 Å². The fourth-order valence-corrected chi connectivity index (χ4v) is 1.74. The number of aliphatic imine (C=N–C) groups is 1. The fourth-order valence-electron chi connectivity index (χ4n) is 1.74. The summed E-state index contributed by atoms with van der Waals surface area (Å²) >= 11 is 0. The zero-order chi connectivity index (χ0) is 16.3. The predicted octanol–water partition coefficient (Wildman–Crippen LogP) is 2.14. The van der Waals surface area contributed by atoms with Crippen LogP contribution in [-0.4, -0.2) is 43.4 Å². The smallest absolute Gasteiger partial charge is 0.224 e. The number of amides is 1. The van der Waals surface area contributed by atoms with Gasteiger partial charge in [0.1, 0.15) is 0 Å². The summed E-state index contributed by atoms with van der Waals surface area (Å²) in [5.41, 5.74) is 4.76. The summed E-state index contributed by atoms with van der Waals surface area (Å²) < 4.78 is 0. The highest BCUT2D eigenvalue weighted by atomic mass is 16.1. The zero-order valence-corrected chi connectivity index (χ0v) is 14.1. The second kappa shape index (κ2) is 10.2. The molecule has 0 aliphatic heterocycles. The highest BCUT2D eigenvalue weighted by Crippen LogP contribution is 2.14. The summed E-state index contributed by atoms with van der Waals surface area (Å²) in [7, 11) is 2.02. The van der Waals surface area contributed by atoms with Gasteiger partial charge in [-0.15, -0.1) is 6.58 Å². The normalized spacial score (nSPS) is 12.1. The van der Waals surface area contributed by atoms with Crippen molar-refractivity contribution >= 4 is 11.9 Å². The maximum absolute atomic E-state index is 11.3. The molecule has 0 aromatic carbocycles. The lowest BCUT2D eigenvalue weighted by Crippen LogP contribution is -2.41. The van der Waals surface area contributed by atoms with Gasteiger partial charge >= 0.3 is 0 Å². The fraction of sp³-hybridized carbons (Fsp3) is 0.750. The molecule has 0 saturated carbocycles. The third-order valence-electron chi connectivity index (χ3n) is 3.39. The number of allylic oxidation sites excluding steroid dienone is 1. The van der Waals surface area contributed by atoms with Gasteiger partial charge in [-0.3, -0.25) is 9.79 Å². The molecule has 0 saturated heterocycles. The van der Waals surface area contributed by atoms with E-state index in [-0.39, 0.29) is 5.91 Å². The van der Waals surface area contributed by atoms with E-state index in [0.29, 0.717) is 6.54 Å². The zero-order valence-electron chi connectivity index (χ0n) is 14.1. The van der Waals surface area contributed by atoms with Gasteiger partial charge in [-0.25, -0.2) is 0 Å². The lowest BCUT2D eigenvalue weighted by Gasteiger charge is -2.24. The van der Waals surface area contributed by atoms with Gasteiger partial charge < -0.3 is 16.0 Å². The van der Waals surface area contributed by atoms with Crippen LogP contribution in [0.2, 0.25) is 0 Å². The number of carbonyl (C=O) groups excluding carboxylic acids is 1. The summed E-state index contributed by atoms with van der Waals surface area (Å²) in [5, 5.41) is 3.25. The Morgan fingerprint density at radius 3 is 2.57 bits per heavy atom. The molecule has 0 aromatic heterocycles. The molecule has 21 heavy (non-hydrogen) atoms. The van der Waals surface area contributed by atoms with Crippen molar-refractivity contribution in [1.29, 1.82) is 0 Å². The summed E-state index contributed by atoms with van der Waals surface area (Å²) in [6.07, 6.45) is 6.52. The van der Waals surface area contributed by atoms with Gasteiger partial charge in [0, 0.05) is 20.1 Å². The number of primary amides is 1. The topological polar surface area (TPSA) is 70.7 Å². The molecular formula is C16H32N4O. The van der Waals surface area contributed by atoms with E-state index >= 15 is 0 Å². The number of nitrogens with zero attached hydrogens (tertiary/aromatic N) is 2. The summed E-state index contributed by atoms with van der Waals surface area (Å²) in [6, 6.07) is 0. The highest BCUT2D eigenvalue weighted by Gasteiger charge is 2.24. The molecule has 0 aromatic rings. The SMILES string of the molecule is C=CCCCCCN(C)C(=NCC(C)(C)C(N)=O)NCC. The molecule has 5 nitrogen and oxygen atoms in total. The average Bonchev–Trinajstić information content (AvgIpc) is 2.42. The maximum atomic E-state index is 11.3. The largest absolute Gasteiger partial charge is 0.369 e. The molecule has 0 fully saturated rings. The molecule has 5 heteroatoms. The Morgan fingerprint density at radius 2 is 2.05 bits per heavy atom. The first-order chi connectivity index (χ1) is 9.85. The number of hydrogen-bond acceptors (Lipinski definition) is 2. The Labute approximate surface area is 129 Å². The van der Waals surface area contributed by atoms with E-state index in [0.717, 1.165) is 31.9 Å². The maximum Gasteiger partial charge on any atom is 0.224 e. The molecule has 122 valence electrons. The third kappa shape index (κ3) is 8.38. The van der Waals surface area contributed by atoms with Crippen molar-refractivity contribution in [2.24, 2.45) is 16.1 Å². The molecule has 0 spiro atoms. The second-order valence-corrected chi connectivity index (χ2v) is 5.98. The Balaban J connectivity index is 4.44. The van der Waals surface area contributed by atoms with Crippen molar-refractivity contribution in [3.63, 3.8) is 0 Å². The minimum absolute atomic E-state index is 0.325. The quantitative estimate of drug-likeness (QED) is 0.281. The molecule has 0 atom stereocenters. The number of nitrogens with one attached hydrogen (secondary N) is 1. The van der Waals surface area contributed by atoms with E-state index in [9.17, 15) is 4.79 Å². The van der Waals surface area contributed by atoms with Crippen LogP contribution in [0.3, 0.4) is 0 Å². The number of rotatable bonds is 10.